The number of halogens is 1. The van der Waals surface area contributed by atoms with Crippen LogP contribution in [0.4, 0.5) is 5.82 Å². The number of nitrogens with zero attached hydrogens (tertiary/aromatic N) is 5. The van der Waals surface area contributed by atoms with E-state index in [1.165, 1.54) is 0 Å². The number of hydrogen-bond donors (Lipinski definition) is 1. The first kappa shape index (κ1) is 15.4. The number of aromatic nitrogens is 4. The third kappa shape index (κ3) is 3.07. The Morgan fingerprint density at radius 3 is 2.79 bits per heavy atom. The van der Waals surface area contributed by atoms with Crippen LogP contribution in [0.15, 0.2) is 36.7 Å². The van der Waals surface area contributed by atoms with E-state index < -0.39 is 0 Å². The molecule has 24 heavy (non-hydrogen) atoms. The van der Waals surface area contributed by atoms with Crippen molar-refractivity contribution in [2.45, 2.75) is 18.9 Å². The van der Waals surface area contributed by atoms with Crippen molar-refractivity contribution in [1.82, 2.24) is 24.5 Å². The summed E-state index contributed by atoms with van der Waals surface area (Å²) in [6, 6.07) is 8.17. The highest BCUT2D eigenvalue weighted by Crippen LogP contribution is 2.23. The van der Waals surface area contributed by atoms with Crippen molar-refractivity contribution >= 4 is 23.1 Å². The van der Waals surface area contributed by atoms with Crippen molar-refractivity contribution in [3.8, 4) is 11.3 Å². The van der Waals surface area contributed by atoms with E-state index in [0.717, 1.165) is 48.7 Å². The van der Waals surface area contributed by atoms with Crippen molar-refractivity contribution < 1.29 is 0 Å². The molecule has 1 fully saturated rings. The standard InChI is InChI=1S/C17H19ClN6/c1-23-8-5-13(6-9-23)21-16-2-3-17-20-11-14(24(17)22-16)12-4-7-19-15(18)10-12/h2-4,7,10-11,13H,5-6,8-9H2,1H3,(H,21,22). The summed E-state index contributed by atoms with van der Waals surface area (Å²) in [6.07, 6.45) is 5.77. The quantitative estimate of drug-likeness (QED) is 0.742. The normalized spacial score (nSPS) is 16.6. The van der Waals surface area contributed by atoms with Crippen LogP contribution in [-0.2, 0) is 0 Å². The minimum atomic E-state index is 0.461. The van der Waals surface area contributed by atoms with Crippen LogP contribution in [0.1, 0.15) is 12.8 Å². The summed E-state index contributed by atoms with van der Waals surface area (Å²) in [5.41, 5.74) is 2.67. The maximum Gasteiger partial charge on any atom is 0.154 e. The molecular weight excluding hydrogens is 324 g/mol. The first-order chi connectivity index (χ1) is 11.7. The second kappa shape index (κ2) is 6.37. The van der Waals surface area contributed by atoms with Crippen LogP contribution in [-0.4, -0.2) is 50.7 Å². The number of nitrogens with one attached hydrogen (secondary N) is 1. The average Bonchev–Trinajstić information content (AvgIpc) is 3.00. The van der Waals surface area contributed by atoms with Gasteiger partial charge in [-0.2, -0.15) is 0 Å². The monoisotopic (exact) mass is 342 g/mol. The lowest BCUT2D eigenvalue weighted by Crippen LogP contribution is -2.36. The molecular formula is C17H19ClN6. The molecule has 0 spiro atoms. The lowest BCUT2D eigenvalue weighted by molar-refractivity contribution is 0.263. The largest absolute Gasteiger partial charge is 0.366 e. The zero-order chi connectivity index (χ0) is 16.5. The lowest BCUT2D eigenvalue weighted by atomic mass is 10.1. The van der Waals surface area contributed by atoms with E-state index in [4.69, 9.17) is 16.7 Å². The predicted octanol–water partition coefficient (Wildman–Crippen LogP) is 2.95. The molecule has 1 aliphatic rings. The number of likely N-dealkylation sites (tertiary alicyclic amines) is 1. The molecule has 1 N–H and O–H groups in total. The highest BCUT2D eigenvalue weighted by Gasteiger charge is 2.17. The number of pyridine rings is 1. The third-order valence-corrected chi connectivity index (χ3v) is 4.66. The van der Waals surface area contributed by atoms with Gasteiger partial charge < -0.3 is 10.2 Å². The van der Waals surface area contributed by atoms with Gasteiger partial charge in [0.15, 0.2) is 5.65 Å². The Kier molecular flexibility index (Phi) is 4.08. The summed E-state index contributed by atoms with van der Waals surface area (Å²) >= 11 is 6.01. The number of imidazole rings is 1. The maximum absolute atomic E-state index is 6.01. The van der Waals surface area contributed by atoms with Crippen LogP contribution in [0.5, 0.6) is 0 Å². The van der Waals surface area contributed by atoms with Gasteiger partial charge in [0.25, 0.3) is 0 Å². The van der Waals surface area contributed by atoms with Gasteiger partial charge in [-0.25, -0.2) is 14.5 Å². The van der Waals surface area contributed by atoms with Gasteiger partial charge in [-0.05, 0) is 57.2 Å². The second-order valence-electron chi connectivity index (χ2n) is 6.22. The van der Waals surface area contributed by atoms with Gasteiger partial charge >= 0.3 is 0 Å². The lowest BCUT2D eigenvalue weighted by Gasteiger charge is -2.29. The van der Waals surface area contributed by atoms with E-state index in [0.29, 0.717) is 11.2 Å². The van der Waals surface area contributed by atoms with Crippen LogP contribution >= 0.6 is 11.6 Å². The molecule has 4 rings (SSSR count). The Morgan fingerprint density at radius 1 is 1.17 bits per heavy atom. The van der Waals surface area contributed by atoms with Crippen LogP contribution in [0.25, 0.3) is 16.9 Å². The highest BCUT2D eigenvalue weighted by atomic mass is 35.5. The topological polar surface area (TPSA) is 58.3 Å². The number of rotatable bonds is 3. The maximum atomic E-state index is 6.01. The fourth-order valence-corrected chi connectivity index (χ4v) is 3.24. The van der Waals surface area contributed by atoms with E-state index in [9.17, 15) is 0 Å². The minimum absolute atomic E-state index is 0.461. The van der Waals surface area contributed by atoms with Crippen molar-refractivity contribution in [3.63, 3.8) is 0 Å². The highest BCUT2D eigenvalue weighted by molar-refractivity contribution is 6.29. The molecule has 124 valence electrons. The Labute approximate surface area is 145 Å². The van der Waals surface area contributed by atoms with E-state index >= 15 is 0 Å². The van der Waals surface area contributed by atoms with Crippen LogP contribution in [0.2, 0.25) is 5.15 Å². The Bertz CT molecular complexity index is 853. The van der Waals surface area contributed by atoms with E-state index in [1.54, 1.807) is 6.20 Å². The zero-order valence-corrected chi connectivity index (χ0v) is 14.2. The second-order valence-corrected chi connectivity index (χ2v) is 6.61. The zero-order valence-electron chi connectivity index (χ0n) is 13.5. The minimum Gasteiger partial charge on any atom is -0.366 e. The molecule has 3 aromatic heterocycles. The number of anilines is 1. The molecule has 0 unspecified atom stereocenters. The summed E-state index contributed by atoms with van der Waals surface area (Å²) in [5, 5.41) is 8.73. The fourth-order valence-electron chi connectivity index (χ4n) is 3.07. The third-order valence-electron chi connectivity index (χ3n) is 4.46. The van der Waals surface area contributed by atoms with Crippen molar-refractivity contribution in [2.75, 3.05) is 25.5 Å². The summed E-state index contributed by atoms with van der Waals surface area (Å²) < 4.78 is 1.85. The van der Waals surface area contributed by atoms with Crippen LogP contribution in [0.3, 0.4) is 0 Å². The Hall–Kier alpha value is -2.18. The summed E-state index contributed by atoms with van der Waals surface area (Å²) in [5.74, 6) is 0.872. The molecule has 0 aromatic carbocycles. The van der Waals surface area contributed by atoms with E-state index in [-0.39, 0.29) is 0 Å². The van der Waals surface area contributed by atoms with Gasteiger partial charge in [-0.15, -0.1) is 5.10 Å². The Morgan fingerprint density at radius 2 is 2.00 bits per heavy atom. The van der Waals surface area contributed by atoms with Gasteiger partial charge in [0.05, 0.1) is 11.9 Å². The first-order valence-electron chi connectivity index (χ1n) is 8.11. The van der Waals surface area contributed by atoms with E-state index in [2.05, 4.69) is 27.2 Å². The molecule has 1 aliphatic heterocycles. The molecule has 0 aliphatic carbocycles. The SMILES string of the molecule is CN1CCC(Nc2ccc3ncc(-c4ccnc(Cl)c4)n3n2)CC1. The smallest absolute Gasteiger partial charge is 0.154 e. The van der Waals surface area contributed by atoms with E-state index in [1.807, 2.05) is 35.0 Å². The van der Waals surface area contributed by atoms with Crippen LogP contribution in [0, 0.1) is 0 Å². The van der Waals surface area contributed by atoms with Gasteiger partial charge in [0, 0.05) is 17.8 Å². The van der Waals surface area contributed by atoms with Crippen LogP contribution < -0.4 is 5.32 Å². The number of hydrogen-bond acceptors (Lipinski definition) is 5. The van der Waals surface area contributed by atoms with Crippen molar-refractivity contribution in [2.24, 2.45) is 0 Å². The summed E-state index contributed by atoms with van der Waals surface area (Å²) in [4.78, 5) is 10.8. The molecule has 1 saturated heterocycles. The average molecular weight is 343 g/mol. The molecule has 6 nitrogen and oxygen atoms in total. The predicted molar refractivity (Wildman–Crippen MR) is 95.4 cm³/mol. The fraction of sp³-hybridized carbons (Fsp3) is 0.353. The molecule has 7 heteroatoms. The van der Waals surface area contributed by atoms with Gasteiger partial charge in [0.2, 0.25) is 0 Å². The van der Waals surface area contributed by atoms with Gasteiger partial charge in [0.1, 0.15) is 11.0 Å². The molecule has 4 heterocycles. The molecule has 0 atom stereocenters. The molecule has 0 bridgehead atoms. The molecule has 3 aromatic rings. The van der Waals surface area contributed by atoms with Crippen molar-refractivity contribution in [1.29, 1.82) is 0 Å². The summed E-state index contributed by atoms with van der Waals surface area (Å²) in [6.45, 7) is 2.23. The van der Waals surface area contributed by atoms with Gasteiger partial charge in [-0.1, -0.05) is 11.6 Å². The van der Waals surface area contributed by atoms with Gasteiger partial charge in [-0.3, -0.25) is 0 Å². The molecule has 0 saturated carbocycles. The number of piperidine rings is 1. The van der Waals surface area contributed by atoms with Crippen molar-refractivity contribution in [3.05, 3.63) is 41.8 Å². The molecule has 0 radical (unpaired) electrons. The molecule has 0 amide bonds. The number of fused-ring (bicyclic) bond motifs is 1. The summed E-state index contributed by atoms with van der Waals surface area (Å²) in [7, 11) is 2.16. The Balaban J connectivity index is 1.63. The first-order valence-corrected chi connectivity index (χ1v) is 8.48.